The van der Waals surface area contributed by atoms with E-state index in [2.05, 4.69) is 10.3 Å². The first-order valence-electron chi connectivity index (χ1n) is 6.25. The fourth-order valence-corrected chi connectivity index (χ4v) is 1.92. The molecule has 5 heteroatoms. The van der Waals surface area contributed by atoms with Crippen LogP contribution in [0.3, 0.4) is 0 Å². The van der Waals surface area contributed by atoms with Crippen LogP contribution in [-0.4, -0.2) is 17.4 Å². The first-order chi connectivity index (χ1) is 9.13. The molecular formula is C14H16FN3O. The Bertz CT molecular complexity index is 613. The summed E-state index contributed by atoms with van der Waals surface area (Å²) in [5, 5.41) is 3.84. The lowest BCUT2D eigenvalue weighted by Gasteiger charge is -2.08. The molecule has 0 aliphatic carbocycles. The van der Waals surface area contributed by atoms with Crippen LogP contribution in [0.5, 0.6) is 0 Å². The molecule has 0 bridgehead atoms. The van der Waals surface area contributed by atoms with E-state index in [0.29, 0.717) is 23.0 Å². The summed E-state index contributed by atoms with van der Waals surface area (Å²) in [6.45, 7) is 2.62. The SMILES string of the molecule is CCCCNC(=O)c1nccc2c(N)cc(F)cc12. The van der Waals surface area contributed by atoms with Crippen LogP contribution in [0.15, 0.2) is 24.4 Å². The predicted octanol–water partition coefficient (Wildman–Crippen LogP) is 2.49. The van der Waals surface area contributed by atoms with E-state index in [4.69, 9.17) is 5.73 Å². The standard InChI is InChI=1S/C14H16FN3O/c1-2-3-5-18-14(19)13-11-7-9(15)8-12(16)10(11)4-6-17-13/h4,6-8H,2-3,5,16H2,1H3,(H,18,19). The molecule has 100 valence electrons. The average molecular weight is 261 g/mol. The third-order valence-electron chi connectivity index (χ3n) is 2.91. The highest BCUT2D eigenvalue weighted by Gasteiger charge is 2.13. The Morgan fingerprint density at radius 3 is 2.95 bits per heavy atom. The molecule has 1 amide bonds. The quantitative estimate of drug-likeness (QED) is 0.656. The van der Waals surface area contributed by atoms with Crippen molar-refractivity contribution in [3.63, 3.8) is 0 Å². The number of hydrogen-bond acceptors (Lipinski definition) is 3. The summed E-state index contributed by atoms with van der Waals surface area (Å²) < 4.78 is 13.4. The number of hydrogen-bond donors (Lipinski definition) is 2. The number of unbranched alkanes of at least 4 members (excludes halogenated alkanes) is 1. The van der Waals surface area contributed by atoms with Gasteiger partial charge in [0, 0.05) is 29.2 Å². The van der Waals surface area contributed by atoms with Crippen molar-refractivity contribution in [1.82, 2.24) is 10.3 Å². The van der Waals surface area contributed by atoms with Gasteiger partial charge in [-0.05, 0) is 24.6 Å². The Balaban J connectivity index is 2.40. The number of nitrogens with one attached hydrogen (secondary N) is 1. The van der Waals surface area contributed by atoms with Crippen molar-refractivity contribution in [2.45, 2.75) is 19.8 Å². The minimum Gasteiger partial charge on any atom is -0.398 e. The molecule has 0 fully saturated rings. The van der Waals surface area contributed by atoms with Crippen molar-refractivity contribution < 1.29 is 9.18 Å². The minimum absolute atomic E-state index is 0.208. The number of carbonyl (C=O) groups excluding carboxylic acids is 1. The van der Waals surface area contributed by atoms with Gasteiger partial charge in [0.2, 0.25) is 0 Å². The van der Waals surface area contributed by atoms with Gasteiger partial charge in [-0.1, -0.05) is 13.3 Å². The summed E-state index contributed by atoms with van der Waals surface area (Å²) in [7, 11) is 0. The topological polar surface area (TPSA) is 68.0 Å². The van der Waals surface area contributed by atoms with Crippen LogP contribution >= 0.6 is 0 Å². The third-order valence-corrected chi connectivity index (χ3v) is 2.91. The Morgan fingerprint density at radius 1 is 1.42 bits per heavy atom. The number of anilines is 1. The lowest BCUT2D eigenvalue weighted by atomic mass is 10.1. The van der Waals surface area contributed by atoms with Gasteiger partial charge in [0.15, 0.2) is 0 Å². The largest absolute Gasteiger partial charge is 0.398 e. The van der Waals surface area contributed by atoms with Crippen LogP contribution in [0, 0.1) is 5.82 Å². The number of carbonyl (C=O) groups is 1. The van der Waals surface area contributed by atoms with E-state index in [1.54, 1.807) is 6.07 Å². The molecule has 19 heavy (non-hydrogen) atoms. The molecule has 0 aliphatic rings. The van der Waals surface area contributed by atoms with Crippen molar-refractivity contribution in [2.24, 2.45) is 0 Å². The number of pyridine rings is 1. The number of nitrogens with zero attached hydrogens (tertiary/aromatic N) is 1. The van der Waals surface area contributed by atoms with Crippen LogP contribution in [0.1, 0.15) is 30.3 Å². The lowest BCUT2D eigenvalue weighted by Crippen LogP contribution is -2.25. The van der Waals surface area contributed by atoms with Gasteiger partial charge in [-0.3, -0.25) is 9.78 Å². The van der Waals surface area contributed by atoms with E-state index < -0.39 is 5.82 Å². The molecular weight excluding hydrogens is 245 g/mol. The molecule has 2 aromatic rings. The molecule has 1 heterocycles. The number of amides is 1. The number of rotatable bonds is 4. The molecule has 1 aromatic carbocycles. The van der Waals surface area contributed by atoms with Gasteiger partial charge in [0.25, 0.3) is 5.91 Å². The second-order valence-corrected chi connectivity index (χ2v) is 4.36. The molecule has 0 unspecified atom stereocenters. The fourth-order valence-electron chi connectivity index (χ4n) is 1.92. The maximum absolute atomic E-state index is 13.4. The van der Waals surface area contributed by atoms with Crippen LogP contribution in [0.4, 0.5) is 10.1 Å². The zero-order chi connectivity index (χ0) is 13.8. The first kappa shape index (κ1) is 13.3. The van der Waals surface area contributed by atoms with Gasteiger partial charge >= 0.3 is 0 Å². The van der Waals surface area contributed by atoms with Crippen LogP contribution in [0.25, 0.3) is 10.8 Å². The number of aromatic nitrogens is 1. The lowest BCUT2D eigenvalue weighted by molar-refractivity contribution is 0.0950. The summed E-state index contributed by atoms with van der Waals surface area (Å²) in [5.41, 5.74) is 6.26. The molecule has 3 N–H and O–H groups in total. The number of fused-ring (bicyclic) bond motifs is 1. The number of nitrogens with two attached hydrogens (primary N) is 1. The third kappa shape index (κ3) is 2.81. The molecule has 0 saturated carbocycles. The second kappa shape index (κ2) is 5.65. The summed E-state index contributed by atoms with van der Waals surface area (Å²) in [6.07, 6.45) is 3.39. The molecule has 0 radical (unpaired) electrons. The number of benzene rings is 1. The average Bonchev–Trinajstić information content (AvgIpc) is 2.38. The summed E-state index contributed by atoms with van der Waals surface area (Å²) in [4.78, 5) is 16.1. The van der Waals surface area contributed by atoms with Gasteiger partial charge in [-0.2, -0.15) is 0 Å². The van der Waals surface area contributed by atoms with Gasteiger partial charge in [-0.15, -0.1) is 0 Å². The Labute approximate surface area is 110 Å². The monoisotopic (exact) mass is 261 g/mol. The zero-order valence-electron chi connectivity index (χ0n) is 10.7. The molecule has 2 rings (SSSR count). The normalized spacial score (nSPS) is 10.6. The minimum atomic E-state index is -0.472. The summed E-state index contributed by atoms with van der Waals surface area (Å²) in [6, 6.07) is 4.20. The van der Waals surface area contributed by atoms with E-state index in [1.807, 2.05) is 6.92 Å². The smallest absolute Gasteiger partial charge is 0.270 e. The zero-order valence-corrected chi connectivity index (χ0v) is 10.7. The van der Waals surface area contributed by atoms with Crippen molar-refractivity contribution in [3.05, 3.63) is 35.9 Å². The molecule has 0 aliphatic heterocycles. The molecule has 0 atom stereocenters. The molecule has 0 saturated heterocycles. The second-order valence-electron chi connectivity index (χ2n) is 4.36. The summed E-state index contributed by atoms with van der Waals surface area (Å²) >= 11 is 0. The van der Waals surface area contributed by atoms with E-state index in [0.717, 1.165) is 12.8 Å². The number of halogens is 1. The van der Waals surface area contributed by atoms with Crippen LogP contribution < -0.4 is 11.1 Å². The van der Waals surface area contributed by atoms with Crippen molar-refractivity contribution in [2.75, 3.05) is 12.3 Å². The maximum Gasteiger partial charge on any atom is 0.270 e. The highest BCUT2D eigenvalue weighted by Crippen LogP contribution is 2.24. The highest BCUT2D eigenvalue weighted by molar-refractivity contribution is 6.07. The summed E-state index contributed by atoms with van der Waals surface area (Å²) in [5.74, 6) is -0.773. The number of nitrogen functional groups attached to an aromatic ring is 1. The van der Waals surface area contributed by atoms with Crippen molar-refractivity contribution in [3.8, 4) is 0 Å². The first-order valence-corrected chi connectivity index (χ1v) is 6.25. The van der Waals surface area contributed by atoms with Crippen LogP contribution in [-0.2, 0) is 0 Å². The molecule has 4 nitrogen and oxygen atoms in total. The van der Waals surface area contributed by atoms with Crippen molar-refractivity contribution >= 4 is 22.4 Å². The van der Waals surface area contributed by atoms with Crippen molar-refractivity contribution in [1.29, 1.82) is 0 Å². The predicted molar refractivity (Wildman–Crippen MR) is 73.4 cm³/mol. The van der Waals surface area contributed by atoms with E-state index >= 15 is 0 Å². The van der Waals surface area contributed by atoms with Gasteiger partial charge in [-0.25, -0.2) is 4.39 Å². The Morgan fingerprint density at radius 2 is 2.21 bits per heavy atom. The van der Waals surface area contributed by atoms with E-state index in [-0.39, 0.29) is 11.6 Å². The van der Waals surface area contributed by atoms with Gasteiger partial charge in [0.05, 0.1) is 0 Å². The Kier molecular flexibility index (Phi) is 3.94. The van der Waals surface area contributed by atoms with E-state index in [9.17, 15) is 9.18 Å². The van der Waals surface area contributed by atoms with Gasteiger partial charge in [0.1, 0.15) is 11.5 Å². The maximum atomic E-state index is 13.4. The Hall–Kier alpha value is -2.17. The van der Waals surface area contributed by atoms with E-state index in [1.165, 1.54) is 18.3 Å². The fraction of sp³-hybridized carbons (Fsp3) is 0.286. The highest BCUT2D eigenvalue weighted by atomic mass is 19.1. The van der Waals surface area contributed by atoms with Crippen LogP contribution in [0.2, 0.25) is 0 Å². The van der Waals surface area contributed by atoms with Gasteiger partial charge < -0.3 is 11.1 Å². The molecule has 0 spiro atoms. The molecule has 1 aromatic heterocycles.